The highest BCUT2D eigenvalue weighted by molar-refractivity contribution is 7.09. The summed E-state index contributed by atoms with van der Waals surface area (Å²) in [6, 6.07) is 8.55. The van der Waals surface area contributed by atoms with Crippen LogP contribution in [0.1, 0.15) is 10.6 Å². The lowest BCUT2D eigenvalue weighted by Gasteiger charge is -2.07. The summed E-state index contributed by atoms with van der Waals surface area (Å²) in [7, 11) is 0. The van der Waals surface area contributed by atoms with Crippen molar-refractivity contribution in [1.29, 1.82) is 0 Å². The Balaban J connectivity index is 1.95. The maximum Gasteiger partial charge on any atom is 0.0270 e. The molecule has 15 heavy (non-hydrogen) atoms. The lowest BCUT2D eigenvalue weighted by molar-refractivity contribution is 0.665. The molecule has 2 rings (SSSR count). The van der Waals surface area contributed by atoms with Crippen LogP contribution in [0.2, 0.25) is 0 Å². The van der Waals surface area contributed by atoms with Gasteiger partial charge in [-0.2, -0.15) is 0 Å². The first-order chi connectivity index (χ1) is 7.40. The number of hydrogen-bond acceptors (Lipinski definition) is 2. The predicted octanol–water partition coefficient (Wildman–Crippen LogP) is 2.29. The van der Waals surface area contributed by atoms with Gasteiger partial charge in [-0.3, -0.25) is 0 Å². The zero-order chi connectivity index (χ0) is 10.5. The molecule has 0 amide bonds. The summed E-state index contributed by atoms with van der Waals surface area (Å²) in [5.74, 6) is 0. The number of hydrogen-bond donors (Lipinski definition) is 1. The molecular weight excluding hydrogens is 204 g/mol. The quantitative estimate of drug-likeness (QED) is 0.823. The minimum absolute atomic E-state index is 0.725. The van der Waals surface area contributed by atoms with Crippen molar-refractivity contribution in [3.63, 3.8) is 0 Å². The van der Waals surface area contributed by atoms with Gasteiger partial charge in [0.05, 0.1) is 0 Å². The van der Waals surface area contributed by atoms with Crippen molar-refractivity contribution in [3.05, 3.63) is 46.4 Å². The van der Waals surface area contributed by atoms with Crippen LogP contribution in [-0.4, -0.2) is 11.1 Å². The monoisotopic (exact) mass is 220 g/mol. The van der Waals surface area contributed by atoms with E-state index in [0.717, 1.165) is 25.9 Å². The molecule has 0 unspecified atom stereocenters. The molecule has 0 aromatic carbocycles. The lowest BCUT2D eigenvalue weighted by Crippen LogP contribution is -2.09. The second-order valence-electron chi connectivity index (χ2n) is 3.56. The van der Waals surface area contributed by atoms with E-state index in [2.05, 4.69) is 40.4 Å². The Hall–Kier alpha value is -1.06. The number of aryl methyl sites for hydroxylation is 2. The third-order valence-corrected chi connectivity index (χ3v) is 3.44. The van der Waals surface area contributed by atoms with E-state index in [-0.39, 0.29) is 0 Å². The van der Waals surface area contributed by atoms with Crippen LogP contribution in [-0.2, 0) is 19.4 Å². The first kappa shape index (κ1) is 10.5. The van der Waals surface area contributed by atoms with Crippen LogP contribution >= 0.6 is 11.3 Å². The van der Waals surface area contributed by atoms with Crippen molar-refractivity contribution in [2.24, 2.45) is 5.73 Å². The summed E-state index contributed by atoms with van der Waals surface area (Å²) < 4.78 is 2.30. The Kier molecular flexibility index (Phi) is 3.59. The summed E-state index contributed by atoms with van der Waals surface area (Å²) in [5, 5.41) is 2.13. The first-order valence-corrected chi connectivity index (χ1v) is 6.14. The van der Waals surface area contributed by atoms with E-state index >= 15 is 0 Å². The Bertz CT molecular complexity index is 389. The van der Waals surface area contributed by atoms with Crippen molar-refractivity contribution < 1.29 is 0 Å². The van der Waals surface area contributed by atoms with E-state index in [0.29, 0.717) is 0 Å². The van der Waals surface area contributed by atoms with E-state index in [1.165, 1.54) is 10.6 Å². The normalized spacial score (nSPS) is 10.7. The predicted molar refractivity (Wildman–Crippen MR) is 65.2 cm³/mol. The zero-order valence-corrected chi connectivity index (χ0v) is 9.54. The molecule has 0 radical (unpaired) electrons. The molecule has 0 saturated heterocycles. The minimum atomic E-state index is 0.725. The van der Waals surface area contributed by atoms with Gasteiger partial charge in [-0.15, -0.1) is 11.3 Å². The van der Waals surface area contributed by atoms with Crippen LogP contribution in [0.4, 0.5) is 0 Å². The molecule has 80 valence electrons. The molecule has 0 fully saturated rings. The van der Waals surface area contributed by atoms with Gasteiger partial charge in [-0.05, 0) is 43.0 Å². The summed E-state index contributed by atoms with van der Waals surface area (Å²) >= 11 is 1.83. The smallest absolute Gasteiger partial charge is 0.0270 e. The second kappa shape index (κ2) is 5.14. The number of nitrogens with zero attached hydrogens (tertiary/aromatic N) is 1. The van der Waals surface area contributed by atoms with Crippen LogP contribution in [0.5, 0.6) is 0 Å². The SMILES string of the molecule is NCCc1cccn1CCc1cccs1. The number of rotatable bonds is 5. The third-order valence-electron chi connectivity index (χ3n) is 2.50. The van der Waals surface area contributed by atoms with Crippen LogP contribution in [0.3, 0.4) is 0 Å². The number of aromatic nitrogens is 1. The van der Waals surface area contributed by atoms with E-state index in [4.69, 9.17) is 5.73 Å². The Morgan fingerprint density at radius 3 is 2.87 bits per heavy atom. The molecule has 2 N–H and O–H groups in total. The molecule has 2 aromatic rings. The van der Waals surface area contributed by atoms with Gasteiger partial charge in [0.1, 0.15) is 0 Å². The molecule has 0 atom stereocenters. The van der Waals surface area contributed by atoms with E-state index < -0.39 is 0 Å². The fourth-order valence-corrected chi connectivity index (χ4v) is 2.43. The van der Waals surface area contributed by atoms with Crippen LogP contribution in [0.25, 0.3) is 0 Å². The summed E-state index contributed by atoms with van der Waals surface area (Å²) in [6.45, 7) is 1.78. The molecule has 0 bridgehead atoms. The Morgan fingerprint density at radius 1 is 1.20 bits per heavy atom. The summed E-state index contributed by atoms with van der Waals surface area (Å²) in [5.41, 5.74) is 6.91. The number of nitrogens with two attached hydrogens (primary N) is 1. The zero-order valence-electron chi connectivity index (χ0n) is 8.73. The van der Waals surface area contributed by atoms with Gasteiger partial charge >= 0.3 is 0 Å². The van der Waals surface area contributed by atoms with E-state index in [1.54, 1.807) is 0 Å². The average molecular weight is 220 g/mol. The molecule has 3 heteroatoms. The fraction of sp³-hybridized carbons (Fsp3) is 0.333. The maximum atomic E-state index is 5.57. The molecule has 0 aliphatic heterocycles. The van der Waals surface area contributed by atoms with Gasteiger partial charge in [0.25, 0.3) is 0 Å². The van der Waals surface area contributed by atoms with Gasteiger partial charge in [-0.25, -0.2) is 0 Å². The first-order valence-electron chi connectivity index (χ1n) is 5.26. The van der Waals surface area contributed by atoms with Crippen LogP contribution in [0.15, 0.2) is 35.8 Å². The molecule has 2 heterocycles. The average Bonchev–Trinajstić information content (AvgIpc) is 2.85. The third kappa shape index (κ3) is 2.70. The topological polar surface area (TPSA) is 30.9 Å². The van der Waals surface area contributed by atoms with Crippen molar-refractivity contribution >= 4 is 11.3 Å². The van der Waals surface area contributed by atoms with Crippen molar-refractivity contribution in [3.8, 4) is 0 Å². The van der Waals surface area contributed by atoms with Crippen LogP contribution < -0.4 is 5.73 Å². The molecule has 2 aromatic heterocycles. The highest BCUT2D eigenvalue weighted by Crippen LogP contribution is 2.11. The molecule has 0 aliphatic carbocycles. The summed E-state index contributed by atoms with van der Waals surface area (Å²) in [4.78, 5) is 1.45. The highest BCUT2D eigenvalue weighted by Gasteiger charge is 2.00. The summed E-state index contributed by atoms with van der Waals surface area (Å²) in [6.07, 6.45) is 4.22. The standard InChI is InChI=1S/C12H16N2S/c13-7-5-11-3-1-8-14(11)9-6-12-4-2-10-15-12/h1-4,8,10H,5-7,9,13H2. The Morgan fingerprint density at radius 2 is 2.13 bits per heavy atom. The van der Waals surface area contributed by atoms with Crippen molar-refractivity contribution in [1.82, 2.24) is 4.57 Å². The number of thiophene rings is 1. The van der Waals surface area contributed by atoms with Crippen molar-refractivity contribution in [2.75, 3.05) is 6.54 Å². The fourth-order valence-electron chi connectivity index (χ4n) is 1.73. The van der Waals surface area contributed by atoms with E-state index in [9.17, 15) is 0 Å². The minimum Gasteiger partial charge on any atom is -0.351 e. The van der Waals surface area contributed by atoms with Gasteiger partial charge < -0.3 is 10.3 Å². The van der Waals surface area contributed by atoms with Crippen LogP contribution in [0, 0.1) is 0 Å². The highest BCUT2D eigenvalue weighted by atomic mass is 32.1. The van der Waals surface area contributed by atoms with Crippen molar-refractivity contribution in [2.45, 2.75) is 19.4 Å². The molecule has 0 aliphatic rings. The molecular formula is C12H16N2S. The lowest BCUT2D eigenvalue weighted by atomic mass is 10.3. The van der Waals surface area contributed by atoms with Gasteiger partial charge in [0.2, 0.25) is 0 Å². The Labute approximate surface area is 94.3 Å². The molecule has 2 nitrogen and oxygen atoms in total. The van der Waals surface area contributed by atoms with Gasteiger partial charge in [-0.1, -0.05) is 6.07 Å². The largest absolute Gasteiger partial charge is 0.351 e. The van der Waals surface area contributed by atoms with Gasteiger partial charge in [0.15, 0.2) is 0 Å². The second-order valence-corrected chi connectivity index (χ2v) is 4.59. The maximum absolute atomic E-state index is 5.57. The van der Waals surface area contributed by atoms with E-state index in [1.807, 2.05) is 11.3 Å². The van der Waals surface area contributed by atoms with Gasteiger partial charge in [0, 0.05) is 23.3 Å². The molecule has 0 saturated carbocycles. The molecule has 0 spiro atoms.